The van der Waals surface area contributed by atoms with E-state index < -0.39 is 0 Å². The smallest absolute Gasteiger partial charge is 0.228 e. The molecule has 0 fully saturated rings. The zero-order chi connectivity index (χ0) is 20.4. The van der Waals surface area contributed by atoms with E-state index >= 15 is 0 Å². The summed E-state index contributed by atoms with van der Waals surface area (Å²) in [4.78, 5) is 30.9. The zero-order valence-corrected chi connectivity index (χ0v) is 16.7. The van der Waals surface area contributed by atoms with Crippen molar-refractivity contribution in [1.82, 2.24) is 19.9 Å². The number of amides is 1. The number of anilines is 1. The minimum Gasteiger partial charge on any atom is -0.360 e. The van der Waals surface area contributed by atoms with E-state index in [-0.39, 0.29) is 31.0 Å². The number of pyridine rings is 1. The van der Waals surface area contributed by atoms with E-state index in [9.17, 15) is 9.59 Å². The molecule has 3 aromatic heterocycles. The van der Waals surface area contributed by atoms with Crippen molar-refractivity contribution in [3.05, 3.63) is 46.9 Å². The molecule has 0 aliphatic carbocycles. The van der Waals surface area contributed by atoms with Gasteiger partial charge in [-0.05, 0) is 25.5 Å². The summed E-state index contributed by atoms with van der Waals surface area (Å²) in [5.74, 6) is 1.09. The number of halogens is 1. The van der Waals surface area contributed by atoms with Gasteiger partial charge in [-0.3, -0.25) is 19.5 Å². The minimum atomic E-state index is -0.0817. The molecule has 4 rings (SSSR count). The highest BCUT2D eigenvalue weighted by molar-refractivity contribution is 6.30. The Labute approximate surface area is 172 Å². The normalized spacial score (nSPS) is 13.4. The lowest BCUT2D eigenvalue weighted by molar-refractivity contribution is -0.124. The van der Waals surface area contributed by atoms with E-state index in [1.165, 1.54) is 0 Å². The molecule has 0 bridgehead atoms. The fourth-order valence-corrected chi connectivity index (χ4v) is 3.54. The Bertz CT molecular complexity index is 1060. The molecule has 1 aliphatic heterocycles. The lowest BCUT2D eigenvalue weighted by atomic mass is 10.1. The van der Waals surface area contributed by atoms with Gasteiger partial charge in [0, 0.05) is 49.3 Å². The molecule has 1 aliphatic rings. The molecule has 0 saturated carbocycles. The summed E-state index contributed by atoms with van der Waals surface area (Å²) >= 11 is 5.96. The van der Waals surface area contributed by atoms with Gasteiger partial charge in [-0.2, -0.15) is 5.10 Å². The van der Waals surface area contributed by atoms with Crippen LogP contribution in [0.15, 0.2) is 35.0 Å². The first-order chi connectivity index (χ1) is 14.0. The molecule has 4 heterocycles. The Morgan fingerprint density at radius 2 is 2.03 bits per heavy atom. The molecule has 29 heavy (non-hydrogen) atoms. The summed E-state index contributed by atoms with van der Waals surface area (Å²) in [5.41, 5.74) is 1.97. The van der Waals surface area contributed by atoms with Crippen molar-refractivity contribution in [1.29, 1.82) is 0 Å². The summed E-state index contributed by atoms with van der Waals surface area (Å²) in [6.07, 6.45) is 2.81. The predicted molar refractivity (Wildman–Crippen MR) is 107 cm³/mol. The van der Waals surface area contributed by atoms with Gasteiger partial charge >= 0.3 is 0 Å². The lowest BCUT2D eigenvalue weighted by Crippen LogP contribution is -2.37. The average molecular weight is 414 g/mol. The van der Waals surface area contributed by atoms with Crippen LogP contribution in [0, 0.1) is 6.92 Å². The molecule has 1 amide bonds. The molecule has 8 nitrogen and oxygen atoms in total. The van der Waals surface area contributed by atoms with Gasteiger partial charge in [0.1, 0.15) is 23.1 Å². The van der Waals surface area contributed by atoms with Crippen molar-refractivity contribution in [2.45, 2.75) is 39.2 Å². The number of fused-ring (bicyclic) bond motifs is 1. The first-order valence-corrected chi connectivity index (χ1v) is 9.81. The highest BCUT2D eigenvalue weighted by Gasteiger charge is 2.24. The molecule has 0 N–H and O–H groups in total. The number of carbonyl (C=O) groups is 2. The molecule has 150 valence electrons. The maximum Gasteiger partial charge on any atom is 0.228 e. The van der Waals surface area contributed by atoms with Crippen LogP contribution in [0.2, 0.25) is 5.02 Å². The third-order valence-corrected chi connectivity index (χ3v) is 4.98. The van der Waals surface area contributed by atoms with Crippen LogP contribution < -0.4 is 4.90 Å². The van der Waals surface area contributed by atoms with Crippen molar-refractivity contribution < 1.29 is 14.1 Å². The van der Waals surface area contributed by atoms with Crippen LogP contribution in [-0.4, -0.2) is 38.2 Å². The van der Waals surface area contributed by atoms with Crippen LogP contribution in [0.5, 0.6) is 0 Å². The number of rotatable bonds is 6. The molecule has 0 unspecified atom stereocenters. The Kier molecular flexibility index (Phi) is 5.44. The quantitative estimate of drug-likeness (QED) is 0.615. The van der Waals surface area contributed by atoms with Gasteiger partial charge in [0.15, 0.2) is 0 Å². The summed E-state index contributed by atoms with van der Waals surface area (Å²) in [7, 11) is 0. The van der Waals surface area contributed by atoms with Gasteiger partial charge < -0.3 is 4.52 Å². The lowest BCUT2D eigenvalue weighted by Gasteiger charge is -2.27. The molecule has 0 atom stereocenters. The van der Waals surface area contributed by atoms with Gasteiger partial charge in [-0.1, -0.05) is 16.8 Å². The molecule has 3 aromatic rings. The van der Waals surface area contributed by atoms with Crippen molar-refractivity contribution in [2.24, 2.45) is 0 Å². The van der Waals surface area contributed by atoms with Crippen molar-refractivity contribution in [3.63, 3.8) is 0 Å². The van der Waals surface area contributed by atoms with Crippen LogP contribution in [0.3, 0.4) is 0 Å². The summed E-state index contributed by atoms with van der Waals surface area (Å²) in [6.45, 7) is 3.36. The number of Topliss-reactive ketones (excluding diaryl/α,β-unsaturated/α-hetero) is 1. The third kappa shape index (κ3) is 4.37. The number of carbonyl (C=O) groups excluding carboxylic acids is 2. The van der Waals surface area contributed by atoms with Crippen molar-refractivity contribution >= 4 is 29.1 Å². The van der Waals surface area contributed by atoms with Gasteiger partial charge in [0.2, 0.25) is 5.91 Å². The average Bonchev–Trinajstić information content (AvgIpc) is 3.31. The highest BCUT2D eigenvalue weighted by atomic mass is 35.5. The molecule has 0 aromatic carbocycles. The first kappa shape index (κ1) is 19.3. The molecular weight excluding hydrogens is 394 g/mol. The Morgan fingerprint density at radius 3 is 2.86 bits per heavy atom. The van der Waals surface area contributed by atoms with E-state index in [1.54, 1.807) is 29.3 Å². The molecule has 0 saturated heterocycles. The molecular formula is C20H20ClN5O3. The number of aromatic nitrogens is 4. The predicted octanol–water partition coefficient (Wildman–Crippen LogP) is 3.22. The van der Waals surface area contributed by atoms with Crippen LogP contribution in [0.1, 0.15) is 30.7 Å². The van der Waals surface area contributed by atoms with Gasteiger partial charge in [0.05, 0.1) is 17.8 Å². The van der Waals surface area contributed by atoms with Crippen LogP contribution >= 0.6 is 11.6 Å². The van der Waals surface area contributed by atoms with E-state index in [0.29, 0.717) is 28.7 Å². The summed E-state index contributed by atoms with van der Waals surface area (Å²) in [6, 6.07) is 6.92. The van der Waals surface area contributed by atoms with Gasteiger partial charge in [-0.15, -0.1) is 0 Å². The van der Waals surface area contributed by atoms with E-state index in [2.05, 4.69) is 15.2 Å². The summed E-state index contributed by atoms with van der Waals surface area (Å²) in [5, 5.41) is 8.88. The van der Waals surface area contributed by atoms with E-state index in [4.69, 9.17) is 16.1 Å². The van der Waals surface area contributed by atoms with E-state index in [0.717, 1.165) is 24.5 Å². The molecule has 9 heteroatoms. The Hall–Kier alpha value is -3.00. The Morgan fingerprint density at radius 1 is 1.17 bits per heavy atom. The van der Waals surface area contributed by atoms with Crippen LogP contribution in [0.25, 0.3) is 11.4 Å². The fourth-order valence-electron chi connectivity index (χ4n) is 3.39. The van der Waals surface area contributed by atoms with Crippen LogP contribution in [0.4, 0.5) is 5.82 Å². The van der Waals surface area contributed by atoms with Crippen molar-refractivity contribution in [3.8, 4) is 11.4 Å². The number of aryl methyl sites for hydroxylation is 2. The number of hydrogen-bond donors (Lipinski definition) is 0. The van der Waals surface area contributed by atoms with Crippen LogP contribution in [-0.2, 0) is 22.6 Å². The molecule has 0 radical (unpaired) electrons. The minimum absolute atomic E-state index is 0.0689. The number of hydrogen-bond acceptors (Lipinski definition) is 6. The van der Waals surface area contributed by atoms with Gasteiger partial charge in [-0.25, -0.2) is 4.68 Å². The summed E-state index contributed by atoms with van der Waals surface area (Å²) < 4.78 is 7.09. The monoisotopic (exact) mass is 413 g/mol. The Balaban J connectivity index is 1.33. The maximum absolute atomic E-state index is 12.6. The second-order valence-corrected chi connectivity index (χ2v) is 7.46. The fraction of sp³-hybridized carbons (Fsp3) is 0.350. The highest BCUT2D eigenvalue weighted by Crippen LogP contribution is 2.23. The van der Waals surface area contributed by atoms with Gasteiger partial charge in [0.25, 0.3) is 0 Å². The largest absolute Gasteiger partial charge is 0.360 e. The first-order valence-electron chi connectivity index (χ1n) is 9.43. The second-order valence-electron chi connectivity index (χ2n) is 7.02. The maximum atomic E-state index is 12.6. The number of ketones is 1. The SMILES string of the molecule is Cc1cc2n(n1)CCCN2C(=O)CCC(=O)Cc1cc(-c2cc(Cl)ccn2)no1. The zero-order valence-electron chi connectivity index (χ0n) is 16.0. The second kappa shape index (κ2) is 8.16. The van der Waals surface area contributed by atoms with E-state index in [1.807, 2.05) is 17.7 Å². The third-order valence-electron chi connectivity index (χ3n) is 4.74. The topological polar surface area (TPSA) is 94.1 Å². The standard InChI is InChI=1S/C20H20ClN5O3/c1-13-9-19-25(7-2-8-26(19)23-13)20(28)4-3-15(27)11-16-12-18(24-29-16)17-10-14(21)5-6-22-17/h5-6,9-10,12H,2-4,7-8,11H2,1H3. The number of nitrogens with zero attached hydrogens (tertiary/aromatic N) is 5. The molecule has 0 spiro atoms. The van der Waals surface area contributed by atoms with Crippen molar-refractivity contribution in [2.75, 3.05) is 11.4 Å².